The van der Waals surface area contributed by atoms with Crippen LogP contribution in [-0.2, 0) is 6.42 Å². The predicted molar refractivity (Wildman–Crippen MR) is 174 cm³/mol. The summed E-state index contributed by atoms with van der Waals surface area (Å²) in [5.74, 6) is 0. The molecule has 39 heavy (non-hydrogen) atoms. The van der Waals surface area contributed by atoms with Gasteiger partial charge in [-0.1, -0.05) is 0 Å². The first kappa shape index (κ1) is 20.4. The molecule has 0 unspecified atom stereocenters. The standard InChI is InChI=1S/C31H21B5N2P/c1-2-10-22(11-3-1)37-39(34-32-35(39)36(34)39)28-16-8-15-27-29(28)23-18-17-21-19-20-9-4-5-12-24(20)33-25-13-6-7-14-26(25)38(27)31(23)30(21)33/h1-18,37H,19H2/q-1. The molecule has 2 nitrogen and oxygen atoms in total. The van der Waals surface area contributed by atoms with Gasteiger partial charge in [0.15, 0.2) is 0 Å². The molecule has 8 heteroatoms. The molecular formula is C31H21B5N2P-. The summed E-state index contributed by atoms with van der Waals surface area (Å²) in [4.78, 5) is 0. The van der Waals surface area contributed by atoms with Gasteiger partial charge in [0.05, 0.1) is 0 Å². The predicted octanol–water partition coefficient (Wildman–Crippen LogP) is 3.59. The van der Waals surface area contributed by atoms with E-state index in [0.29, 0.717) is 6.71 Å². The molecule has 0 saturated carbocycles. The number of aromatic nitrogens is 1. The van der Waals surface area contributed by atoms with Gasteiger partial charge in [-0.2, -0.15) is 0 Å². The average molecular weight is 507 g/mol. The monoisotopic (exact) mass is 507 g/mol. The van der Waals surface area contributed by atoms with E-state index in [2.05, 4.69) is 126 Å². The van der Waals surface area contributed by atoms with E-state index < -0.39 is 6.39 Å². The van der Waals surface area contributed by atoms with Crippen molar-refractivity contribution in [1.82, 2.24) is 4.57 Å². The molecule has 0 aliphatic carbocycles. The Morgan fingerprint density at radius 1 is 0.718 bits per heavy atom. The second-order valence-electron chi connectivity index (χ2n) is 12.4. The Hall–Kier alpha value is -3.55. The van der Waals surface area contributed by atoms with E-state index in [1.165, 1.54) is 60.7 Å². The van der Waals surface area contributed by atoms with Gasteiger partial charge in [0.25, 0.3) is 0 Å². The van der Waals surface area contributed by atoms with Crippen LogP contribution >= 0.6 is 6.39 Å². The molecule has 6 aliphatic rings. The van der Waals surface area contributed by atoms with Crippen LogP contribution < -0.4 is 26.8 Å². The number of nitrogens with zero attached hydrogens (tertiary/aromatic N) is 1. The normalized spacial score (nSPS) is 19.9. The van der Waals surface area contributed by atoms with Crippen LogP contribution in [0.5, 0.6) is 0 Å². The molecule has 12 rings (SSSR count). The topological polar surface area (TPSA) is 17.0 Å². The molecule has 7 heterocycles. The first-order valence-corrected chi connectivity index (χ1v) is 16.7. The summed E-state index contributed by atoms with van der Waals surface area (Å²) in [5, 5.41) is 8.87. The quantitative estimate of drug-likeness (QED) is 0.286. The van der Waals surface area contributed by atoms with Crippen LogP contribution in [0.3, 0.4) is 0 Å². The van der Waals surface area contributed by atoms with Gasteiger partial charge in [-0.25, -0.2) is 0 Å². The number of para-hydroxylation sites is 2. The zero-order chi connectivity index (χ0) is 25.1. The number of hydrogen-bond acceptors (Lipinski definition) is 1. The molecular weight excluding hydrogens is 485 g/mol. The number of rotatable bonds is 3. The number of nitrogens with one attached hydrogen (secondary N) is 1. The van der Waals surface area contributed by atoms with Crippen LogP contribution in [0.25, 0.3) is 27.5 Å². The van der Waals surface area contributed by atoms with E-state index in [4.69, 9.17) is 0 Å². The molecule has 6 aliphatic heterocycles. The Bertz CT molecular complexity index is 2100. The number of fused-ring (bicyclic) bond motifs is 8. The van der Waals surface area contributed by atoms with Gasteiger partial charge in [-0.3, -0.25) is 0 Å². The molecule has 0 atom stereocenters. The minimum absolute atomic E-state index is 0.299. The Morgan fingerprint density at radius 3 is 2.31 bits per heavy atom. The van der Waals surface area contributed by atoms with Crippen LogP contribution in [0.15, 0.2) is 109 Å². The Kier molecular flexibility index (Phi) is 3.27. The van der Waals surface area contributed by atoms with Crippen LogP contribution in [0.1, 0.15) is 11.1 Å². The van der Waals surface area contributed by atoms with Gasteiger partial charge in [0.2, 0.25) is 0 Å². The fourth-order valence-electron chi connectivity index (χ4n) is 9.41. The molecule has 4 fully saturated rings. The average Bonchev–Trinajstić information content (AvgIpc) is 3.55. The summed E-state index contributed by atoms with van der Waals surface area (Å²) in [6, 6.07) is 41.4. The van der Waals surface area contributed by atoms with Crippen molar-refractivity contribution in [1.29, 1.82) is 0 Å². The molecule has 2 bridgehead atoms. The molecule has 2 radical (unpaired) electrons. The summed E-state index contributed by atoms with van der Waals surface area (Å²) in [6.45, 7) is 0.299. The van der Waals surface area contributed by atoms with E-state index in [1.807, 2.05) is 0 Å². The van der Waals surface area contributed by atoms with Crippen molar-refractivity contribution in [3.63, 3.8) is 0 Å². The maximum absolute atomic E-state index is 4.27. The number of benzene rings is 5. The van der Waals surface area contributed by atoms with Crippen LogP contribution in [0, 0.1) is 0 Å². The molecule has 1 N–H and O–H groups in total. The van der Waals surface area contributed by atoms with Crippen molar-refractivity contribution < 1.29 is 0 Å². The van der Waals surface area contributed by atoms with E-state index in [0.717, 1.165) is 25.1 Å². The van der Waals surface area contributed by atoms with Gasteiger partial charge < -0.3 is 0 Å². The van der Waals surface area contributed by atoms with E-state index >= 15 is 0 Å². The van der Waals surface area contributed by atoms with Gasteiger partial charge >= 0.3 is 230 Å². The molecule has 0 amide bonds. The van der Waals surface area contributed by atoms with Gasteiger partial charge in [0.1, 0.15) is 0 Å². The van der Waals surface area contributed by atoms with E-state index in [9.17, 15) is 0 Å². The molecule has 0 spiro atoms. The Balaban J connectivity index is 1.27. The molecule has 6 aromatic rings. The third-order valence-corrected chi connectivity index (χ3v) is 18.1. The third kappa shape index (κ3) is 1.98. The summed E-state index contributed by atoms with van der Waals surface area (Å²) in [6.07, 6.45) is 1.22. The zero-order valence-corrected chi connectivity index (χ0v) is 22.3. The molecule has 176 valence electrons. The fourth-order valence-corrected chi connectivity index (χ4v) is 17.7. The van der Waals surface area contributed by atoms with Crippen molar-refractivity contribution in [2.24, 2.45) is 0 Å². The zero-order valence-electron chi connectivity index (χ0n) is 21.4. The first-order valence-electron chi connectivity index (χ1n) is 14.3. The van der Waals surface area contributed by atoms with Crippen LogP contribution in [0.4, 0.5) is 5.69 Å². The van der Waals surface area contributed by atoms with Gasteiger partial charge in [-0.15, -0.1) is 0 Å². The fraction of sp³-hybridized carbons (Fsp3) is 0.0323. The van der Waals surface area contributed by atoms with Crippen molar-refractivity contribution >= 4 is 88.0 Å². The summed E-state index contributed by atoms with van der Waals surface area (Å²) >= 11 is 0. The first-order chi connectivity index (χ1) is 19.3. The van der Waals surface area contributed by atoms with Crippen molar-refractivity contribution in [2.45, 2.75) is 6.42 Å². The van der Waals surface area contributed by atoms with E-state index in [-0.39, 0.29) is 0 Å². The van der Waals surface area contributed by atoms with Gasteiger partial charge in [0, 0.05) is 0 Å². The number of hydrogen-bond donors (Lipinski definition) is 1. The summed E-state index contributed by atoms with van der Waals surface area (Å²) in [5.41, 5.74) is 12.9. The third-order valence-electron chi connectivity index (χ3n) is 11.1. The Labute approximate surface area is 229 Å². The molecule has 4 saturated heterocycles. The van der Waals surface area contributed by atoms with Gasteiger partial charge in [-0.05, 0) is 0 Å². The maximum atomic E-state index is 4.27. The van der Waals surface area contributed by atoms with Crippen molar-refractivity contribution in [3.8, 4) is 5.69 Å². The second kappa shape index (κ2) is 6.27. The second-order valence-corrected chi connectivity index (χ2v) is 17.5. The van der Waals surface area contributed by atoms with Crippen molar-refractivity contribution in [2.75, 3.05) is 5.09 Å². The van der Waals surface area contributed by atoms with Crippen LogP contribution in [0.2, 0.25) is 0 Å². The molecule has 1 aromatic heterocycles. The Morgan fingerprint density at radius 2 is 1.49 bits per heavy atom. The van der Waals surface area contributed by atoms with E-state index in [1.54, 1.807) is 5.30 Å². The summed E-state index contributed by atoms with van der Waals surface area (Å²) < 4.78 is 2.63. The minimum atomic E-state index is -2.19. The van der Waals surface area contributed by atoms with Crippen LogP contribution in [-0.4, -0.2) is 37.0 Å². The SMILES string of the molecule is [B-]1B2B3B1P23(Nc1ccccc1)c1cccc2c1c1ccc3c4c1n2-c1ccccc1B4c1ccccc1C3. The van der Waals surface area contributed by atoms with Crippen molar-refractivity contribution in [3.05, 3.63) is 120 Å². The molecule has 5 aromatic carbocycles. The number of anilines is 1. The summed E-state index contributed by atoms with van der Waals surface area (Å²) in [7, 11) is 2.64.